The molecule has 0 unspecified atom stereocenters. The molecule has 2 aromatic rings. The molecule has 1 aromatic carbocycles. The summed E-state index contributed by atoms with van der Waals surface area (Å²) in [6, 6.07) is 8.08. The van der Waals surface area contributed by atoms with E-state index in [4.69, 9.17) is 9.26 Å². The molecule has 1 amide bonds. The summed E-state index contributed by atoms with van der Waals surface area (Å²) < 4.78 is 10.3. The van der Waals surface area contributed by atoms with Gasteiger partial charge in [-0.05, 0) is 51.2 Å². The Hall–Kier alpha value is -2.63. The smallest absolute Gasteiger partial charge is 0.344 e. The van der Waals surface area contributed by atoms with E-state index in [2.05, 4.69) is 16.5 Å². The van der Waals surface area contributed by atoms with Crippen LogP contribution in [0.25, 0.3) is 0 Å². The lowest BCUT2D eigenvalue weighted by atomic mass is 9.87. The van der Waals surface area contributed by atoms with Crippen molar-refractivity contribution in [1.29, 1.82) is 0 Å². The van der Waals surface area contributed by atoms with Crippen LogP contribution in [-0.2, 0) is 16.0 Å². The molecule has 0 aliphatic heterocycles. The van der Waals surface area contributed by atoms with Crippen LogP contribution >= 0.6 is 0 Å². The zero-order valence-electron chi connectivity index (χ0n) is 14.7. The van der Waals surface area contributed by atoms with Gasteiger partial charge in [-0.3, -0.25) is 4.79 Å². The van der Waals surface area contributed by atoms with Crippen molar-refractivity contribution in [2.24, 2.45) is 0 Å². The number of aromatic nitrogens is 1. The molecule has 3 rings (SSSR count). The highest BCUT2D eigenvalue weighted by molar-refractivity contribution is 5.93. The first-order valence-electron chi connectivity index (χ1n) is 8.49. The highest BCUT2D eigenvalue weighted by Crippen LogP contribution is 2.29. The van der Waals surface area contributed by atoms with Gasteiger partial charge in [0.2, 0.25) is 0 Å². The Balaban J connectivity index is 1.65. The summed E-state index contributed by atoms with van der Waals surface area (Å²) in [4.78, 5) is 24.7. The third-order valence-electron chi connectivity index (χ3n) is 4.58. The number of fused-ring (bicyclic) bond motifs is 1. The lowest BCUT2D eigenvalue weighted by Gasteiger charge is -2.27. The minimum Gasteiger partial charge on any atom is -0.449 e. The van der Waals surface area contributed by atoms with E-state index in [-0.39, 0.29) is 17.5 Å². The number of esters is 1. The zero-order valence-corrected chi connectivity index (χ0v) is 14.7. The highest BCUT2D eigenvalue weighted by atomic mass is 16.5. The van der Waals surface area contributed by atoms with Crippen molar-refractivity contribution in [2.75, 3.05) is 0 Å². The van der Waals surface area contributed by atoms with Crippen LogP contribution in [0.1, 0.15) is 58.7 Å². The van der Waals surface area contributed by atoms with Crippen LogP contribution in [0.4, 0.5) is 0 Å². The molecule has 0 radical (unpaired) electrons. The molecule has 0 saturated heterocycles. The van der Waals surface area contributed by atoms with E-state index in [0.29, 0.717) is 11.5 Å². The minimum atomic E-state index is -0.893. The van der Waals surface area contributed by atoms with Crippen molar-refractivity contribution < 1.29 is 18.8 Å². The molecule has 0 fully saturated rings. The van der Waals surface area contributed by atoms with Gasteiger partial charge in [-0.1, -0.05) is 29.4 Å². The fourth-order valence-corrected chi connectivity index (χ4v) is 3.24. The average molecular weight is 342 g/mol. The summed E-state index contributed by atoms with van der Waals surface area (Å²) >= 11 is 0. The minimum absolute atomic E-state index is 0.0438. The molecule has 1 aliphatic carbocycles. The molecule has 6 heteroatoms. The van der Waals surface area contributed by atoms with Crippen molar-refractivity contribution in [1.82, 2.24) is 10.5 Å². The number of carbonyl (C=O) groups is 2. The van der Waals surface area contributed by atoms with Crippen molar-refractivity contribution in [3.05, 3.63) is 52.4 Å². The van der Waals surface area contributed by atoms with E-state index in [1.54, 1.807) is 20.8 Å². The summed E-state index contributed by atoms with van der Waals surface area (Å²) in [6.07, 6.45) is 2.04. The van der Waals surface area contributed by atoms with Gasteiger partial charge in [0.05, 0.1) is 11.7 Å². The van der Waals surface area contributed by atoms with Gasteiger partial charge in [0.25, 0.3) is 5.91 Å². The molecule has 6 nitrogen and oxygen atoms in total. The van der Waals surface area contributed by atoms with Gasteiger partial charge < -0.3 is 14.6 Å². The maximum Gasteiger partial charge on any atom is 0.344 e. The zero-order chi connectivity index (χ0) is 18.0. The molecule has 0 saturated carbocycles. The van der Waals surface area contributed by atoms with Crippen LogP contribution < -0.4 is 5.32 Å². The maximum absolute atomic E-state index is 12.5. The Kier molecular flexibility index (Phi) is 4.88. The van der Waals surface area contributed by atoms with Crippen LogP contribution in [0.2, 0.25) is 0 Å². The van der Waals surface area contributed by atoms with Crippen LogP contribution in [-0.4, -0.2) is 23.1 Å². The Labute approximate surface area is 146 Å². The number of aryl methyl sites for hydroxylation is 3. The van der Waals surface area contributed by atoms with Crippen molar-refractivity contribution in [3.63, 3.8) is 0 Å². The van der Waals surface area contributed by atoms with Crippen LogP contribution in [0.3, 0.4) is 0 Å². The Morgan fingerprint density at radius 2 is 2.08 bits per heavy atom. The molecule has 1 N–H and O–H groups in total. The molecule has 2 atom stereocenters. The SMILES string of the molecule is Cc1noc(C)c1C(=O)O[C@H](C)C(=O)N[C@H]1CCCc2ccccc21. The Morgan fingerprint density at radius 3 is 2.80 bits per heavy atom. The first kappa shape index (κ1) is 17.2. The quantitative estimate of drug-likeness (QED) is 0.864. The van der Waals surface area contributed by atoms with Gasteiger partial charge in [0.1, 0.15) is 11.3 Å². The number of nitrogens with one attached hydrogen (secondary N) is 1. The van der Waals surface area contributed by atoms with E-state index in [9.17, 15) is 9.59 Å². The van der Waals surface area contributed by atoms with E-state index in [1.165, 1.54) is 5.56 Å². The number of ether oxygens (including phenoxy) is 1. The first-order chi connectivity index (χ1) is 12.0. The van der Waals surface area contributed by atoms with Gasteiger partial charge in [-0.25, -0.2) is 4.79 Å². The summed E-state index contributed by atoms with van der Waals surface area (Å²) in [7, 11) is 0. The number of hydrogen-bond donors (Lipinski definition) is 1. The third-order valence-corrected chi connectivity index (χ3v) is 4.58. The van der Waals surface area contributed by atoms with Gasteiger partial charge in [0.15, 0.2) is 6.10 Å². The summed E-state index contributed by atoms with van der Waals surface area (Å²) in [6.45, 7) is 4.87. The van der Waals surface area contributed by atoms with Crippen LogP contribution in [0.15, 0.2) is 28.8 Å². The van der Waals surface area contributed by atoms with Crippen LogP contribution in [0.5, 0.6) is 0 Å². The van der Waals surface area contributed by atoms with Gasteiger partial charge in [-0.2, -0.15) is 0 Å². The Morgan fingerprint density at radius 1 is 1.32 bits per heavy atom. The molecule has 1 heterocycles. The van der Waals surface area contributed by atoms with Gasteiger partial charge in [-0.15, -0.1) is 0 Å². The molecule has 0 bridgehead atoms. The number of amides is 1. The van der Waals surface area contributed by atoms with Crippen LogP contribution in [0, 0.1) is 13.8 Å². The second kappa shape index (κ2) is 7.09. The number of benzene rings is 1. The normalized spacial score (nSPS) is 17.5. The summed E-state index contributed by atoms with van der Waals surface area (Å²) in [5.74, 6) is -0.513. The Bertz CT molecular complexity index is 777. The van der Waals surface area contributed by atoms with E-state index in [0.717, 1.165) is 24.8 Å². The average Bonchev–Trinajstić information content (AvgIpc) is 2.93. The van der Waals surface area contributed by atoms with Gasteiger partial charge in [0, 0.05) is 0 Å². The molecule has 0 spiro atoms. The molecule has 132 valence electrons. The predicted octanol–water partition coefficient (Wildman–Crippen LogP) is 3.03. The number of nitrogens with zero attached hydrogens (tertiary/aromatic N) is 1. The monoisotopic (exact) mass is 342 g/mol. The topological polar surface area (TPSA) is 81.4 Å². The van der Waals surface area contributed by atoms with Gasteiger partial charge >= 0.3 is 5.97 Å². The summed E-state index contributed by atoms with van der Waals surface area (Å²) in [5, 5.41) is 6.73. The first-order valence-corrected chi connectivity index (χ1v) is 8.49. The predicted molar refractivity (Wildman–Crippen MR) is 91.1 cm³/mol. The largest absolute Gasteiger partial charge is 0.449 e. The lowest BCUT2D eigenvalue weighted by Crippen LogP contribution is -2.39. The molecular formula is C19H22N2O4. The third kappa shape index (κ3) is 3.57. The van der Waals surface area contributed by atoms with Crippen molar-refractivity contribution >= 4 is 11.9 Å². The standard InChI is InChI=1S/C19H22N2O4/c1-11-17(12(2)25-21-11)19(23)24-13(3)18(22)20-16-10-6-8-14-7-4-5-9-15(14)16/h4-5,7,9,13,16H,6,8,10H2,1-3H3,(H,20,22)/t13-,16+/m1/s1. The summed E-state index contributed by atoms with van der Waals surface area (Å²) in [5.41, 5.74) is 3.14. The number of carbonyl (C=O) groups excluding carboxylic acids is 2. The fourth-order valence-electron chi connectivity index (χ4n) is 3.24. The number of rotatable bonds is 4. The lowest BCUT2D eigenvalue weighted by molar-refractivity contribution is -0.130. The molecular weight excluding hydrogens is 320 g/mol. The van der Waals surface area contributed by atoms with E-state index in [1.807, 2.05) is 18.2 Å². The molecule has 1 aromatic heterocycles. The van der Waals surface area contributed by atoms with Crippen molar-refractivity contribution in [2.45, 2.75) is 52.2 Å². The maximum atomic E-state index is 12.5. The second-order valence-corrected chi connectivity index (χ2v) is 6.40. The number of hydrogen-bond acceptors (Lipinski definition) is 5. The van der Waals surface area contributed by atoms with Crippen molar-refractivity contribution in [3.8, 4) is 0 Å². The fraction of sp³-hybridized carbons (Fsp3) is 0.421. The van der Waals surface area contributed by atoms with E-state index < -0.39 is 12.1 Å². The molecule has 1 aliphatic rings. The molecule has 25 heavy (non-hydrogen) atoms. The second-order valence-electron chi connectivity index (χ2n) is 6.40. The van der Waals surface area contributed by atoms with E-state index >= 15 is 0 Å². The highest BCUT2D eigenvalue weighted by Gasteiger charge is 2.27.